The normalized spacial score (nSPS) is 11.4. The molecule has 1 amide bonds. The molecule has 0 aromatic heterocycles. The van der Waals surface area contributed by atoms with Gasteiger partial charge in [0.15, 0.2) is 18.1 Å². The van der Waals surface area contributed by atoms with Gasteiger partial charge in [-0.25, -0.2) is 0 Å². The van der Waals surface area contributed by atoms with E-state index in [1.54, 1.807) is 18.2 Å². The molecular formula is C15H21NO5. The van der Waals surface area contributed by atoms with Crippen molar-refractivity contribution in [3.05, 3.63) is 24.3 Å². The summed E-state index contributed by atoms with van der Waals surface area (Å²) >= 11 is 0. The lowest BCUT2D eigenvalue weighted by atomic mass is 10.1. The molecule has 0 bridgehead atoms. The number of carbonyl (C=O) groups is 2. The van der Waals surface area contributed by atoms with Crippen LogP contribution < -0.4 is 14.8 Å². The Morgan fingerprint density at radius 2 is 1.86 bits per heavy atom. The van der Waals surface area contributed by atoms with Crippen molar-refractivity contribution < 1.29 is 23.8 Å². The molecule has 1 aromatic rings. The number of rotatable bonds is 8. The van der Waals surface area contributed by atoms with E-state index in [0.29, 0.717) is 17.9 Å². The average Bonchev–Trinajstić information content (AvgIpc) is 2.52. The van der Waals surface area contributed by atoms with Gasteiger partial charge in [-0.15, -0.1) is 0 Å². The molecule has 21 heavy (non-hydrogen) atoms. The highest BCUT2D eigenvalue weighted by Gasteiger charge is 2.15. The minimum atomic E-state index is -0.354. The molecule has 1 N–H and O–H groups in total. The standard InChI is InChI=1S/C15H21NO5/c1-4-11(9-15(18)20-3)16-14(17)10-21-13-8-6-5-7-12(13)19-2/h5-8,11H,4,9-10H2,1-3H3,(H,16,17). The van der Waals surface area contributed by atoms with Gasteiger partial charge in [0.25, 0.3) is 5.91 Å². The minimum Gasteiger partial charge on any atom is -0.493 e. The predicted octanol–water partition coefficient (Wildman–Crippen LogP) is 1.53. The van der Waals surface area contributed by atoms with Crippen LogP contribution >= 0.6 is 0 Å². The monoisotopic (exact) mass is 295 g/mol. The van der Waals surface area contributed by atoms with Crippen molar-refractivity contribution in [2.45, 2.75) is 25.8 Å². The van der Waals surface area contributed by atoms with Gasteiger partial charge in [0, 0.05) is 6.04 Å². The van der Waals surface area contributed by atoms with Crippen molar-refractivity contribution in [2.24, 2.45) is 0 Å². The second kappa shape index (κ2) is 8.84. The molecule has 0 radical (unpaired) electrons. The average molecular weight is 295 g/mol. The van der Waals surface area contributed by atoms with Crippen LogP contribution in [0.5, 0.6) is 11.5 Å². The Balaban J connectivity index is 2.47. The highest BCUT2D eigenvalue weighted by atomic mass is 16.5. The van der Waals surface area contributed by atoms with E-state index < -0.39 is 0 Å². The molecule has 0 aliphatic carbocycles. The Labute approximate surface area is 124 Å². The maximum Gasteiger partial charge on any atom is 0.307 e. The molecular weight excluding hydrogens is 274 g/mol. The maximum absolute atomic E-state index is 11.8. The zero-order valence-electron chi connectivity index (χ0n) is 12.5. The first kappa shape index (κ1) is 16.8. The molecule has 0 fully saturated rings. The highest BCUT2D eigenvalue weighted by Crippen LogP contribution is 2.25. The van der Waals surface area contributed by atoms with Crippen molar-refractivity contribution >= 4 is 11.9 Å². The quantitative estimate of drug-likeness (QED) is 0.736. The molecule has 0 saturated carbocycles. The minimum absolute atomic E-state index is 0.141. The third-order valence-corrected chi connectivity index (χ3v) is 2.93. The zero-order valence-corrected chi connectivity index (χ0v) is 12.5. The molecule has 0 aliphatic heterocycles. The van der Waals surface area contributed by atoms with E-state index >= 15 is 0 Å². The van der Waals surface area contributed by atoms with E-state index in [0.717, 1.165) is 0 Å². The van der Waals surface area contributed by atoms with Gasteiger partial charge in [-0.3, -0.25) is 9.59 Å². The van der Waals surface area contributed by atoms with Crippen LogP contribution in [0.25, 0.3) is 0 Å². The molecule has 0 heterocycles. The smallest absolute Gasteiger partial charge is 0.307 e. The Morgan fingerprint density at radius 3 is 2.43 bits per heavy atom. The van der Waals surface area contributed by atoms with E-state index in [-0.39, 0.29) is 30.9 Å². The Bertz CT molecular complexity index is 475. The number of hydrogen-bond acceptors (Lipinski definition) is 5. The second-order valence-electron chi connectivity index (χ2n) is 4.39. The molecule has 1 rings (SSSR count). The van der Waals surface area contributed by atoms with Crippen LogP contribution in [-0.4, -0.2) is 38.7 Å². The summed E-state index contributed by atoms with van der Waals surface area (Å²) in [5, 5.41) is 2.73. The topological polar surface area (TPSA) is 73.9 Å². The molecule has 6 heteroatoms. The Hall–Kier alpha value is -2.24. The summed E-state index contributed by atoms with van der Waals surface area (Å²) in [4.78, 5) is 23.0. The second-order valence-corrected chi connectivity index (χ2v) is 4.39. The van der Waals surface area contributed by atoms with Crippen LogP contribution in [0.2, 0.25) is 0 Å². The van der Waals surface area contributed by atoms with Crippen molar-refractivity contribution in [3.63, 3.8) is 0 Å². The first-order valence-electron chi connectivity index (χ1n) is 6.72. The van der Waals surface area contributed by atoms with E-state index in [1.807, 2.05) is 13.0 Å². The maximum atomic E-state index is 11.8. The van der Waals surface area contributed by atoms with E-state index in [2.05, 4.69) is 10.1 Å². The molecule has 116 valence electrons. The molecule has 1 atom stereocenters. The summed E-state index contributed by atoms with van der Waals surface area (Å²) in [5.74, 6) is 0.410. The van der Waals surface area contributed by atoms with Gasteiger partial charge in [-0.2, -0.15) is 0 Å². The lowest BCUT2D eigenvalue weighted by Crippen LogP contribution is -2.39. The number of para-hydroxylation sites is 2. The molecule has 1 unspecified atom stereocenters. The van der Waals surface area contributed by atoms with Crippen molar-refractivity contribution in [3.8, 4) is 11.5 Å². The number of amides is 1. The number of ether oxygens (including phenoxy) is 3. The molecule has 6 nitrogen and oxygen atoms in total. The Morgan fingerprint density at radius 1 is 1.19 bits per heavy atom. The van der Waals surface area contributed by atoms with Gasteiger partial charge >= 0.3 is 5.97 Å². The number of carbonyl (C=O) groups excluding carboxylic acids is 2. The van der Waals surface area contributed by atoms with Crippen LogP contribution in [0.4, 0.5) is 0 Å². The van der Waals surface area contributed by atoms with Crippen molar-refractivity contribution in [1.82, 2.24) is 5.32 Å². The number of benzene rings is 1. The van der Waals surface area contributed by atoms with Gasteiger partial charge in [-0.05, 0) is 18.6 Å². The fraction of sp³-hybridized carbons (Fsp3) is 0.467. The summed E-state index contributed by atoms with van der Waals surface area (Å²) in [6, 6.07) is 6.82. The fourth-order valence-corrected chi connectivity index (χ4v) is 1.73. The summed E-state index contributed by atoms with van der Waals surface area (Å²) in [6.45, 7) is 1.74. The molecule has 0 spiro atoms. The van der Waals surface area contributed by atoms with Gasteiger partial charge in [-0.1, -0.05) is 19.1 Å². The predicted molar refractivity (Wildman–Crippen MR) is 77.3 cm³/mol. The van der Waals surface area contributed by atoms with Crippen LogP contribution in [-0.2, 0) is 14.3 Å². The summed E-state index contributed by atoms with van der Waals surface area (Å²) in [7, 11) is 2.85. The first-order valence-corrected chi connectivity index (χ1v) is 6.72. The van der Waals surface area contributed by atoms with Gasteiger partial charge in [0.2, 0.25) is 0 Å². The van der Waals surface area contributed by atoms with Crippen molar-refractivity contribution in [1.29, 1.82) is 0 Å². The largest absolute Gasteiger partial charge is 0.493 e. The van der Waals surface area contributed by atoms with Crippen molar-refractivity contribution in [2.75, 3.05) is 20.8 Å². The number of methoxy groups -OCH3 is 2. The van der Waals surface area contributed by atoms with Gasteiger partial charge in [0.05, 0.1) is 20.6 Å². The third kappa shape index (κ3) is 5.72. The van der Waals surface area contributed by atoms with E-state index in [4.69, 9.17) is 9.47 Å². The number of esters is 1. The lowest BCUT2D eigenvalue weighted by molar-refractivity contribution is -0.141. The number of nitrogens with one attached hydrogen (secondary N) is 1. The molecule has 0 aliphatic rings. The summed E-state index contributed by atoms with van der Waals surface area (Å²) in [5.41, 5.74) is 0. The highest BCUT2D eigenvalue weighted by molar-refractivity contribution is 5.79. The van der Waals surface area contributed by atoms with E-state index in [1.165, 1.54) is 14.2 Å². The zero-order chi connectivity index (χ0) is 15.7. The van der Waals surface area contributed by atoms with E-state index in [9.17, 15) is 9.59 Å². The van der Waals surface area contributed by atoms with Crippen LogP contribution in [0.1, 0.15) is 19.8 Å². The van der Waals surface area contributed by atoms with Crippen LogP contribution in [0.3, 0.4) is 0 Å². The third-order valence-electron chi connectivity index (χ3n) is 2.93. The molecule has 1 aromatic carbocycles. The first-order chi connectivity index (χ1) is 10.1. The number of hydrogen-bond donors (Lipinski definition) is 1. The van der Waals surface area contributed by atoms with Gasteiger partial charge in [0.1, 0.15) is 0 Å². The molecule has 0 saturated heterocycles. The van der Waals surface area contributed by atoms with Crippen LogP contribution in [0.15, 0.2) is 24.3 Å². The van der Waals surface area contributed by atoms with Gasteiger partial charge < -0.3 is 19.5 Å². The van der Waals surface area contributed by atoms with Crippen LogP contribution in [0, 0.1) is 0 Å². The lowest BCUT2D eigenvalue weighted by Gasteiger charge is -2.16. The SMILES string of the molecule is CCC(CC(=O)OC)NC(=O)COc1ccccc1OC. The Kier molecular flexibility index (Phi) is 7.08. The summed E-state index contributed by atoms with van der Waals surface area (Å²) in [6.07, 6.45) is 0.781. The summed E-state index contributed by atoms with van der Waals surface area (Å²) < 4.78 is 15.1. The fourth-order valence-electron chi connectivity index (χ4n) is 1.73.